The summed E-state index contributed by atoms with van der Waals surface area (Å²) in [5, 5.41) is 3.15. The van der Waals surface area contributed by atoms with Crippen LogP contribution in [0.3, 0.4) is 0 Å². The summed E-state index contributed by atoms with van der Waals surface area (Å²) in [7, 11) is 0. The average molecular weight is 308 g/mol. The molecule has 23 heavy (non-hydrogen) atoms. The third-order valence-electron chi connectivity index (χ3n) is 4.49. The van der Waals surface area contributed by atoms with Gasteiger partial charge in [0.05, 0.1) is 0 Å². The number of amides is 2. The number of carbonyl (C=O) groups excluding carboxylic acids is 2. The average Bonchev–Trinajstić information content (AvgIpc) is 2.54. The Hall–Kier alpha value is -2.62. The van der Waals surface area contributed by atoms with E-state index in [0.717, 1.165) is 19.3 Å². The standard InChI is InChI=1S/C19H20N2O2/c1-19(11-10-13-4-2-3-5-16(13)12-19)21-18(23)15-8-6-14(7-9-15)17(20)22/h2-9H,10-12H2,1H3,(H2,20,22)(H,21,23)/t19-/m0/s1. The molecule has 0 radical (unpaired) electrons. The number of fused-ring (bicyclic) bond motifs is 1. The summed E-state index contributed by atoms with van der Waals surface area (Å²) < 4.78 is 0. The first kappa shape index (κ1) is 15.3. The van der Waals surface area contributed by atoms with Crippen molar-refractivity contribution in [3.63, 3.8) is 0 Å². The van der Waals surface area contributed by atoms with Crippen molar-refractivity contribution < 1.29 is 9.59 Å². The van der Waals surface area contributed by atoms with E-state index in [9.17, 15) is 9.59 Å². The second-order valence-corrected chi connectivity index (χ2v) is 6.40. The lowest BCUT2D eigenvalue weighted by molar-refractivity contribution is 0.0896. The highest BCUT2D eigenvalue weighted by Crippen LogP contribution is 2.28. The SMILES string of the molecule is C[C@]1(NC(=O)c2ccc(C(N)=O)cc2)CCc2ccccc2C1. The highest BCUT2D eigenvalue weighted by molar-refractivity contribution is 5.97. The fourth-order valence-corrected chi connectivity index (χ4v) is 3.13. The van der Waals surface area contributed by atoms with Gasteiger partial charge in [-0.2, -0.15) is 0 Å². The summed E-state index contributed by atoms with van der Waals surface area (Å²) in [4.78, 5) is 23.6. The molecule has 1 atom stereocenters. The third kappa shape index (κ3) is 3.26. The van der Waals surface area contributed by atoms with Gasteiger partial charge in [-0.25, -0.2) is 0 Å². The van der Waals surface area contributed by atoms with Crippen LogP contribution in [-0.2, 0) is 12.8 Å². The minimum absolute atomic E-state index is 0.122. The first-order valence-electron chi connectivity index (χ1n) is 7.76. The lowest BCUT2D eigenvalue weighted by Gasteiger charge is -2.36. The Morgan fingerprint density at radius 1 is 1.00 bits per heavy atom. The summed E-state index contributed by atoms with van der Waals surface area (Å²) in [6.45, 7) is 2.08. The van der Waals surface area contributed by atoms with E-state index >= 15 is 0 Å². The number of carbonyl (C=O) groups is 2. The van der Waals surface area contributed by atoms with Crippen LogP contribution in [0.15, 0.2) is 48.5 Å². The predicted molar refractivity (Wildman–Crippen MR) is 89.3 cm³/mol. The highest BCUT2D eigenvalue weighted by atomic mass is 16.2. The van der Waals surface area contributed by atoms with Crippen LogP contribution in [0, 0.1) is 0 Å². The molecule has 4 nitrogen and oxygen atoms in total. The van der Waals surface area contributed by atoms with Gasteiger partial charge in [0, 0.05) is 16.7 Å². The molecule has 0 unspecified atom stereocenters. The van der Waals surface area contributed by atoms with Gasteiger partial charge in [-0.1, -0.05) is 24.3 Å². The minimum atomic E-state index is -0.493. The molecule has 0 saturated heterocycles. The number of primary amides is 1. The van der Waals surface area contributed by atoms with Crippen LogP contribution in [0.25, 0.3) is 0 Å². The van der Waals surface area contributed by atoms with Gasteiger partial charge in [-0.05, 0) is 61.6 Å². The molecule has 0 aromatic heterocycles. The maximum atomic E-state index is 12.5. The first-order chi connectivity index (χ1) is 11.0. The van der Waals surface area contributed by atoms with E-state index in [-0.39, 0.29) is 11.4 Å². The molecule has 0 aliphatic heterocycles. The van der Waals surface area contributed by atoms with Crippen molar-refractivity contribution in [2.75, 3.05) is 0 Å². The van der Waals surface area contributed by atoms with E-state index in [0.29, 0.717) is 11.1 Å². The number of nitrogens with one attached hydrogen (secondary N) is 1. The van der Waals surface area contributed by atoms with Crippen molar-refractivity contribution in [2.24, 2.45) is 5.73 Å². The molecule has 3 rings (SSSR count). The molecular weight excluding hydrogens is 288 g/mol. The zero-order valence-electron chi connectivity index (χ0n) is 13.1. The number of rotatable bonds is 3. The van der Waals surface area contributed by atoms with Crippen LogP contribution in [-0.4, -0.2) is 17.4 Å². The second-order valence-electron chi connectivity index (χ2n) is 6.40. The van der Waals surface area contributed by atoms with Crippen molar-refractivity contribution in [1.29, 1.82) is 0 Å². The summed E-state index contributed by atoms with van der Waals surface area (Å²) in [6.07, 6.45) is 2.71. The van der Waals surface area contributed by atoms with Crippen molar-refractivity contribution >= 4 is 11.8 Å². The fourth-order valence-electron chi connectivity index (χ4n) is 3.13. The van der Waals surface area contributed by atoms with E-state index in [2.05, 4.69) is 30.4 Å². The summed E-state index contributed by atoms with van der Waals surface area (Å²) in [6, 6.07) is 14.8. The maximum Gasteiger partial charge on any atom is 0.251 e. The van der Waals surface area contributed by atoms with E-state index in [4.69, 9.17) is 5.73 Å². The fraction of sp³-hybridized carbons (Fsp3) is 0.263. The smallest absolute Gasteiger partial charge is 0.251 e. The minimum Gasteiger partial charge on any atom is -0.366 e. The predicted octanol–water partition coefficient (Wildman–Crippen LogP) is 2.46. The molecule has 3 N–H and O–H groups in total. The quantitative estimate of drug-likeness (QED) is 0.914. The molecule has 2 aromatic rings. The van der Waals surface area contributed by atoms with Gasteiger partial charge in [0.15, 0.2) is 0 Å². The molecule has 0 heterocycles. The molecule has 118 valence electrons. The first-order valence-corrected chi connectivity index (χ1v) is 7.76. The maximum absolute atomic E-state index is 12.5. The van der Waals surface area contributed by atoms with Crippen LogP contribution < -0.4 is 11.1 Å². The Labute approximate surface area is 135 Å². The van der Waals surface area contributed by atoms with Crippen LogP contribution in [0.2, 0.25) is 0 Å². The van der Waals surface area contributed by atoms with E-state index in [1.807, 2.05) is 6.07 Å². The van der Waals surface area contributed by atoms with Crippen LogP contribution in [0.4, 0.5) is 0 Å². The molecule has 4 heteroatoms. The van der Waals surface area contributed by atoms with E-state index < -0.39 is 5.91 Å². The Balaban J connectivity index is 1.74. The van der Waals surface area contributed by atoms with E-state index in [1.54, 1.807) is 24.3 Å². The Morgan fingerprint density at radius 3 is 2.26 bits per heavy atom. The topological polar surface area (TPSA) is 72.2 Å². The number of hydrogen-bond donors (Lipinski definition) is 2. The largest absolute Gasteiger partial charge is 0.366 e. The van der Waals surface area contributed by atoms with Crippen LogP contribution in [0.5, 0.6) is 0 Å². The Bertz CT molecular complexity index is 752. The summed E-state index contributed by atoms with van der Waals surface area (Å²) >= 11 is 0. The van der Waals surface area contributed by atoms with Crippen molar-refractivity contribution in [3.8, 4) is 0 Å². The summed E-state index contributed by atoms with van der Waals surface area (Å²) in [5.74, 6) is -0.615. The molecule has 0 spiro atoms. The third-order valence-corrected chi connectivity index (χ3v) is 4.49. The van der Waals surface area contributed by atoms with Gasteiger partial charge in [0.1, 0.15) is 0 Å². The van der Waals surface area contributed by atoms with Crippen LogP contribution >= 0.6 is 0 Å². The molecule has 0 saturated carbocycles. The van der Waals surface area contributed by atoms with Crippen molar-refractivity contribution in [3.05, 3.63) is 70.8 Å². The molecule has 1 aliphatic carbocycles. The zero-order chi connectivity index (χ0) is 16.4. The van der Waals surface area contributed by atoms with E-state index in [1.165, 1.54) is 11.1 Å². The number of hydrogen-bond acceptors (Lipinski definition) is 2. The molecule has 0 bridgehead atoms. The van der Waals surface area contributed by atoms with Gasteiger partial charge in [0.2, 0.25) is 5.91 Å². The number of nitrogens with two attached hydrogens (primary N) is 1. The molecule has 2 amide bonds. The molecule has 0 fully saturated rings. The lowest BCUT2D eigenvalue weighted by atomic mass is 9.79. The van der Waals surface area contributed by atoms with Gasteiger partial charge in [-0.3, -0.25) is 9.59 Å². The lowest BCUT2D eigenvalue weighted by Crippen LogP contribution is -2.49. The second kappa shape index (κ2) is 5.88. The molecule has 2 aromatic carbocycles. The van der Waals surface area contributed by atoms with Gasteiger partial charge in [0.25, 0.3) is 5.91 Å². The molecular formula is C19H20N2O2. The van der Waals surface area contributed by atoms with Crippen molar-refractivity contribution in [2.45, 2.75) is 31.7 Å². The van der Waals surface area contributed by atoms with Crippen molar-refractivity contribution in [1.82, 2.24) is 5.32 Å². The van der Waals surface area contributed by atoms with Gasteiger partial charge < -0.3 is 11.1 Å². The van der Waals surface area contributed by atoms with Gasteiger partial charge in [-0.15, -0.1) is 0 Å². The Morgan fingerprint density at radius 2 is 1.61 bits per heavy atom. The highest BCUT2D eigenvalue weighted by Gasteiger charge is 2.31. The monoisotopic (exact) mass is 308 g/mol. The zero-order valence-corrected chi connectivity index (χ0v) is 13.1. The van der Waals surface area contributed by atoms with Crippen LogP contribution in [0.1, 0.15) is 45.2 Å². The molecule has 1 aliphatic rings. The normalized spacial score (nSPS) is 19.7. The summed E-state index contributed by atoms with van der Waals surface area (Å²) in [5.41, 5.74) is 8.56. The number of aryl methyl sites for hydroxylation is 1. The Kier molecular flexibility index (Phi) is 3.90. The van der Waals surface area contributed by atoms with Gasteiger partial charge >= 0.3 is 0 Å². The number of benzene rings is 2.